The Labute approximate surface area is 84.3 Å². The molecule has 3 nitrogen and oxygen atoms in total. The molecule has 0 fully saturated rings. The highest BCUT2D eigenvalue weighted by atomic mass is 32.2. The number of benzene rings is 1. The average molecular weight is 214 g/mol. The van der Waals surface area contributed by atoms with Gasteiger partial charge in [-0.3, -0.25) is 0 Å². The van der Waals surface area contributed by atoms with E-state index in [0.29, 0.717) is 5.56 Å². The van der Waals surface area contributed by atoms with Crippen LogP contribution in [-0.4, -0.2) is 25.9 Å². The van der Waals surface area contributed by atoms with Crippen LogP contribution in [0.3, 0.4) is 0 Å². The van der Waals surface area contributed by atoms with Crippen LogP contribution in [0.25, 0.3) is 0 Å². The molecule has 0 saturated carbocycles. The van der Waals surface area contributed by atoms with Crippen LogP contribution in [0, 0.1) is 0 Å². The maximum absolute atomic E-state index is 11.4. The Morgan fingerprint density at radius 1 is 1.21 bits per heavy atom. The quantitative estimate of drug-likeness (QED) is 0.821. The Kier molecular flexibility index (Phi) is 3.29. The first-order valence-corrected chi connectivity index (χ1v) is 6.30. The van der Waals surface area contributed by atoms with Crippen molar-refractivity contribution in [3.8, 4) is 0 Å². The van der Waals surface area contributed by atoms with Crippen LogP contribution >= 0.6 is 0 Å². The van der Waals surface area contributed by atoms with Crippen molar-refractivity contribution in [2.75, 3.05) is 6.26 Å². The van der Waals surface area contributed by atoms with Crippen LogP contribution in [0.4, 0.5) is 0 Å². The van der Waals surface area contributed by atoms with E-state index in [9.17, 15) is 13.5 Å². The topological polar surface area (TPSA) is 54.4 Å². The third kappa shape index (κ3) is 2.56. The summed E-state index contributed by atoms with van der Waals surface area (Å²) >= 11 is 0. The van der Waals surface area contributed by atoms with Gasteiger partial charge in [0.1, 0.15) is 5.25 Å². The molecule has 14 heavy (non-hydrogen) atoms. The van der Waals surface area contributed by atoms with Gasteiger partial charge in [-0.15, -0.1) is 0 Å². The molecule has 0 amide bonds. The maximum Gasteiger partial charge on any atom is 0.156 e. The van der Waals surface area contributed by atoms with E-state index in [2.05, 4.69) is 0 Å². The third-order valence-electron chi connectivity index (χ3n) is 2.03. The van der Waals surface area contributed by atoms with Crippen LogP contribution in [0.5, 0.6) is 0 Å². The first-order valence-electron chi connectivity index (χ1n) is 4.35. The Morgan fingerprint density at radius 2 is 1.71 bits per heavy atom. The molecule has 2 atom stereocenters. The molecule has 0 bridgehead atoms. The molecule has 78 valence electrons. The molecule has 0 aromatic heterocycles. The first-order chi connectivity index (χ1) is 6.43. The SMILES string of the molecule is C[C@H](O)[C@H](c1ccccc1)S(C)(=O)=O. The lowest BCUT2D eigenvalue weighted by Gasteiger charge is -2.18. The zero-order valence-electron chi connectivity index (χ0n) is 8.21. The molecule has 1 aromatic carbocycles. The predicted molar refractivity (Wildman–Crippen MR) is 55.7 cm³/mol. The van der Waals surface area contributed by atoms with Crippen molar-refractivity contribution < 1.29 is 13.5 Å². The molecule has 0 aliphatic carbocycles. The van der Waals surface area contributed by atoms with Crippen LogP contribution in [0.15, 0.2) is 30.3 Å². The minimum Gasteiger partial charge on any atom is -0.392 e. The third-order valence-corrected chi connectivity index (χ3v) is 3.62. The molecule has 1 aromatic rings. The summed E-state index contributed by atoms with van der Waals surface area (Å²) in [5, 5.41) is 8.59. The van der Waals surface area contributed by atoms with Crippen LogP contribution in [0.2, 0.25) is 0 Å². The number of aliphatic hydroxyl groups is 1. The van der Waals surface area contributed by atoms with Gasteiger partial charge < -0.3 is 5.11 Å². The van der Waals surface area contributed by atoms with Crippen molar-refractivity contribution >= 4 is 9.84 Å². The lowest BCUT2D eigenvalue weighted by Crippen LogP contribution is -2.22. The number of sulfone groups is 1. The van der Waals surface area contributed by atoms with Crippen molar-refractivity contribution in [3.63, 3.8) is 0 Å². The van der Waals surface area contributed by atoms with Gasteiger partial charge in [0, 0.05) is 6.26 Å². The highest BCUT2D eigenvalue weighted by Crippen LogP contribution is 2.24. The lowest BCUT2D eigenvalue weighted by atomic mass is 10.1. The summed E-state index contributed by atoms with van der Waals surface area (Å²) in [6, 6.07) is 8.74. The summed E-state index contributed by atoms with van der Waals surface area (Å²) in [6.45, 7) is 1.48. The largest absolute Gasteiger partial charge is 0.392 e. The maximum atomic E-state index is 11.4. The van der Waals surface area contributed by atoms with Crippen LogP contribution in [0.1, 0.15) is 17.7 Å². The zero-order chi connectivity index (χ0) is 10.8. The highest BCUT2D eigenvalue weighted by molar-refractivity contribution is 7.91. The molecule has 1 rings (SSSR count). The smallest absolute Gasteiger partial charge is 0.156 e. The standard InChI is InChI=1S/C10H14O3S/c1-8(11)10(14(2,12)13)9-6-4-3-5-7-9/h3-8,10-11H,1-2H3/t8-,10+/m0/s1. The fourth-order valence-electron chi connectivity index (χ4n) is 1.53. The molecule has 0 aliphatic heterocycles. The number of aliphatic hydroxyl groups excluding tert-OH is 1. The molecule has 0 heterocycles. The summed E-state index contributed by atoms with van der Waals surface area (Å²) in [7, 11) is -3.27. The van der Waals surface area contributed by atoms with E-state index < -0.39 is 21.2 Å². The van der Waals surface area contributed by atoms with Crippen molar-refractivity contribution in [2.24, 2.45) is 0 Å². The van der Waals surface area contributed by atoms with E-state index in [4.69, 9.17) is 0 Å². The first kappa shape index (κ1) is 11.2. The van der Waals surface area contributed by atoms with Gasteiger partial charge in [0.05, 0.1) is 6.10 Å². The number of hydrogen-bond donors (Lipinski definition) is 1. The van der Waals surface area contributed by atoms with Gasteiger partial charge in [0.2, 0.25) is 0 Å². The Bertz CT molecular complexity index is 381. The monoisotopic (exact) mass is 214 g/mol. The second-order valence-electron chi connectivity index (χ2n) is 3.40. The molecule has 1 N–H and O–H groups in total. The molecule has 0 spiro atoms. The van der Waals surface area contributed by atoms with Crippen molar-refractivity contribution in [2.45, 2.75) is 18.3 Å². The molecule has 0 aliphatic rings. The second kappa shape index (κ2) is 4.11. The summed E-state index contributed by atoms with van der Waals surface area (Å²) in [4.78, 5) is 0. The second-order valence-corrected chi connectivity index (χ2v) is 5.57. The van der Waals surface area contributed by atoms with Gasteiger partial charge in [-0.25, -0.2) is 8.42 Å². The van der Waals surface area contributed by atoms with Gasteiger partial charge in [-0.1, -0.05) is 30.3 Å². The molecule has 4 heteroatoms. The fraction of sp³-hybridized carbons (Fsp3) is 0.400. The summed E-state index contributed by atoms with van der Waals surface area (Å²) in [5.41, 5.74) is 0.630. The normalized spacial score (nSPS) is 16.2. The fourth-order valence-corrected chi connectivity index (χ4v) is 2.89. The zero-order valence-corrected chi connectivity index (χ0v) is 9.03. The Morgan fingerprint density at radius 3 is 2.07 bits per heavy atom. The van der Waals surface area contributed by atoms with E-state index in [-0.39, 0.29) is 0 Å². The van der Waals surface area contributed by atoms with Gasteiger partial charge in [-0.2, -0.15) is 0 Å². The minimum atomic E-state index is -3.27. The average Bonchev–Trinajstić information content (AvgIpc) is 2.02. The van der Waals surface area contributed by atoms with E-state index in [1.54, 1.807) is 24.3 Å². The Balaban J connectivity index is 3.15. The van der Waals surface area contributed by atoms with Crippen molar-refractivity contribution in [1.82, 2.24) is 0 Å². The van der Waals surface area contributed by atoms with E-state index in [1.807, 2.05) is 6.07 Å². The van der Waals surface area contributed by atoms with Crippen molar-refractivity contribution in [1.29, 1.82) is 0 Å². The van der Waals surface area contributed by atoms with E-state index in [0.717, 1.165) is 6.26 Å². The molecule has 0 saturated heterocycles. The summed E-state index contributed by atoms with van der Waals surface area (Å²) in [5.74, 6) is 0. The highest BCUT2D eigenvalue weighted by Gasteiger charge is 2.27. The van der Waals surface area contributed by atoms with Gasteiger partial charge in [0.25, 0.3) is 0 Å². The summed E-state index contributed by atoms with van der Waals surface area (Å²) in [6.07, 6.45) is 0.240. The Hall–Kier alpha value is -0.870. The van der Waals surface area contributed by atoms with E-state index in [1.165, 1.54) is 6.92 Å². The van der Waals surface area contributed by atoms with Gasteiger partial charge >= 0.3 is 0 Å². The molecular formula is C10H14O3S. The van der Waals surface area contributed by atoms with Crippen LogP contribution in [-0.2, 0) is 9.84 Å². The lowest BCUT2D eigenvalue weighted by molar-refractivity contribution is 0.188. The molecular weight excluding hydrogens is 200 g/mol. The summed E-state index contributed by atoms with van der Waals surface area (Å²) < 4.78 is 22.8. The number of hydrogen-bond acceptors (Lipinski definition) is 3. The van der Waals surface area contributed by atoms with E-state index >= 15 is 0 Å². The minimum absolute atomic E-state index is 0.630. The number of rotatable bonds is 3. The van der Waals surface area contributed by atoms with Crippen molar-refractivity contribution in [3.05, 3.63) is 35.9 Å². The van der Waals surface area contributed by atoms with Gasteiger partial charge in [-0.05, 0) is 12.5 Å². The van der Waals surface area contributed by atoms with Gasteiger partial charge in [0.15, 0.2) is 9.84 Å². The molecule has 0 radical (unpaired) electrons. The molecule has 0 unspecified atom stereocenters. The predicted octanol–water partition coefficient (Wildman–Crippen LogP) is 1.15. The van der Waals surface area contributed by atoms with Crippen LogP contribution < -0.4 is 0 Å².